The van der Waals surface area contributed by atoms with Crippen LogP contribution in [0.2, 0.25) is 0 Å². The van der Waals surface area contributed by atoms with Gasteiger partial charge in [0.05, 0.1) is 24.3 Å². The third kappa shape index (κ3) is 4.66. The second-order valence-corrected chi connectivity index (χ2v) is 9.49. The molecule has 7 heteroatoms. The van der Waals surface area contributed by atoms with Gasteiger partial charge in [-0.25, -0.2) is 4.98 Å². The summed E-state index contributed by atoms with van der Waals surface area (Å²) in [6, 6.07) is 20.8. The summed E-state index contributed by atoms with van der Waals surface area (Å²) in [5.74, 6) is 0.559. The maximum absolute atomic E-state index is 12.8. The number of rotatable bonds is 5. The number of piperidine rings is 1. The minimum Gasteiger partial charge on any atom is -0.378 e. The Morgan fingerprint density at radius 1 is 0.806 bits per heavy atom. The van der Waals surface area contributed by atoms with Crippen molar-refractivity contribution in [2.45, 2.75) is 19.3 Å². The van der Waals surface area contributed by atoms with E-state index in [1.165, 1.54) is 30.6 Å². The van der Waals surface area contributed by atoms with E-state index >= 15 is 0 Å². The number of ether oxygens (including phenoxy) is 1. The summed E-state index contributed by atoms with van der Waals surface area (Å²) in [4.78, 5) is 25.2. The van der Waals surface area contributed by atoms with E-state index in [-0.39, 0.29) is 5.56 Å². The van der Waals surface area contributed by atoms with Crippen LogP contribution in [0, 0.1) is 0 Å². The Hall–Kier alpha value is -3.84. The summed E-state index contributed by atoms with van der Waals surface area (Å²) in [7, 11) is 0. The highest BCUT2D eigenvalue weighted by molar-refractivity contribution is 5.95. The summed E-state index contributed by atoms with van der Waals surface area (Å²) in [5, 5.41) is 4.83. The molecule has 2 aliphatic heterocycles. The van der Waals surface area contributed by atoms with Gasteiger partial charge in [-0.15, -0.1) is 0 Å². The lowest BCUT2D eigenvalue weighted by Gasteiger charge is -2.29. The molecule has 184 valence electrons. The van der Waals surface area contributed by atoms with Gasteiger partial charge < -0.3 is 24.8 Å². The summed E-state index contributed by atoms with van der Waals surface area (Å²) in [6.07, 6.45) is 5.52. The molecule has 0 spiro atoms. The van der Waals surface area contributed by atoms with Gasteiger partial charge >= 0.3 is 0 Å². The number of aromatic amines is 1. The maximum atomic E-state index is 12.8. The van der Waals surface area contributed by atoms with Crippen LogP contribution in [0.15, 0.2) is 71.7 Å². The van der Waals surface area contributed by atoms with Crippen LogP contribution in [0.25, 0.3) is 22.0 Å². The Morgan fingerprint density at radius 2 is 1.47 bits per heavy atom. The number of aromatic nitrogens is 2. The van der Waals surface area contributed by atoms with Crippen molar-refractivity contribution in [1.29, 1.82) is 0 Å². The number of nitrogens with zero attached hydrogens (tertiary/aromatic N) is 3. The van der Waals surface area contributed by atoms with Gasteiger partial charge in [0.15, 0.2) is 0 Å². The third-order valence-electron chi connectivity index (χ3n) is 7.14. The van der Waals surface area contributed by atoms with Crippen molar-refractivity contribution in [1.82, 2.24) is 9.97 Å². The van der Waals surface area contributed by atoms with Crippen LogP contribution in [0.4, 0.5) is 22.9 Å². The molecule has 7 nitrogen and oxygen atoms in total. The highest BCUT2D eigenvalue weighted by atomic mass is 16.5. The Labute approximate surface area is 210 Å². The fraction of sp³-hybridized carbons (Fsp3) is 0.310. The van der Waals surface area contributed by atoms with E-state index in [4.69, 9.17) is 9.72 Å². The van der Waals surface area contributed by atoms with E-state index in [2.05, 4.69) is 56.5 Å². The van der Waals surface area contributed by atoms with Gasteiger partial charge in [-0.1, -0.05) is 12.1 Å². The first kappa shape index (κ1) is 22.6. The molecule has 0 amide bonds. The summed E-state index contributed by atoms with van der Waals surface area (Å²) < 4.78 is 5.46. The molecular weight excluding hydrogens is 450 g/mol. The van der Waals surface area contributed by atoms with Crippen LogP contribution in [-0.4, -0.2) is 49.4 Å². The van der Waals surface area contributed by atoms with Gasteiger partial charge in [-0.2, -0.15) is 0 Å². The first-order valence-electron chi connectivity index (χ1n) is 12.8. The van der Waals surface area contributed by atoms with Crippen LogP contribution in [0.1, 0.15) is 19.3 Å². The molecule has 2 aliphatic rings. The van der Waals surface area contributed by atoms with Gasteiger partial charge in [0.1, 0.15) is 5.82 Å². The highest BCUT2D eigenvalue weighted by Crippen LogP contribution is 2.30. The smallest absolute Gasteiger partial charge is 0.259 e. The highest BCUT2D eigenvalue weighted by Gasteiger charge is 2.15. The average molecular weight is 482 g/mol. The van der Waals surface area contributed by atoms with E-state index in [1.54, 1.807) is 6.20 Å². The van der Waals surface area contributed by atoms with Gasteiger partial charge in [-0.3, -0.25) is 4.79 Å². The summed E-state index contributed by atoms with van der Waals surface area (Å²) >= 11 is 0. The maximum Gasteiger partial charge on any atom is 0.259 e. The minimum atomic E-state index is -0.153. The molecule has 0 atom stereocenters. The van der Waals surface area contributed by atoms with Gasteiger partial charge in [0.25, 0.3) is 5.56 Å². The second kappa shape index (κ2) is 10.0. The molecule has 0 aliphatic carbocycles. The Bertz CT molecular complexity index is 1390. The molecule has 4 heterocycles. The standard InChI is InChI=1S/C29H31N5O2/c35-29-27-22(12-13-30-29)20-26(21-4-8-24(9-5-21)33-14-2-1-3-15-33)32-28(27)31-23-6-10-25(11-7-23)34-16-18-36-19-17-34/h4-13,20H,1-3,14-19H2,(H,30,35)(H,31,32). The number of hydrogen-bond acceptors (Lipinski definition) is 6. The lowest BCUT2D eigenvalue weighted by atomic mass is 10.1. The fourth-order valence-electron chi connectivity index (χ4n) is 5.16. The zero-order valence-corrected chi connectivity index (χ0v) is 20.4. The minimum absolute atomic E-state index is 0.153. The van der Waals surface area contributed by atoms with E-state index in [0.29, 0.717) is 11.2 Å². The third-order valence-corrected chi connectivity index (χ3v) is 7.14. The number of anilines is 4. The molecule has 6 rings (SSSR count). The molecule has 0 saturated carbocycles. The molecule has 0 unspecified atom stereocenters. The van der Waals surface area contributed by atoms with Crippen LogP contribution < -0.4 is 20.7 Å². The van der Waals surface area contributed by atoms with E-state index in [0.717, 1.165) is 61.7 Å². The molecule has 36 heavy (non-hydrogen) atoms. The van der Waals surface area contributed by atoms with E-state index in [1.807, 2.05) is 24.3 Å². The molecule has 0 radical (unpaired) electrons. The van der Waals surface area contributed by atoms with Crippen molar-refractivity contribution in [2.24, 2.45) is 0 Å². The Kier molecular flexibility index (Phi) is 6.30. The fourth-order valence-corrected chi connectivity index (χ4v) is 5.16. The number of fused-ring (bicyclic) bond motifs is 1. The van der Waals surface area contributed by atoms with E-state index in [9.17, 15) is 4.79 Å². The number of nitrogens with one attached hydrogen (secondary N) is 2. The molecule has 0 bridgehead atoms. The van der Waals surface area contributed by atoms with Crippen LogP contribution in [0.5, 0.6) is 0 Å². The lowest BCUT2D eigenvalue weighted by molar-refractivity contribution is 0.122. The predicted molar refractivity (Wildman–Crippen MR) is 147 cm³/mol. The Balaban J connectivity index is 1.31. The molecule has 2 fully saturated rings. The first-order valence-corrected chi connectivity index (χ1v) is 12.8. The zero-order valence-electron chi connectivity index (χ0n) is 20.4. The normalized spacial score (nSPS) is 16.3. The molecular formula is C29H31N5O2. The van der Waals surface area contributed by atoms with Gasteiger partial charge in [0.2, 0.25) is 0 Å². The number of benzene rings is 2. The number of morpholine rings is 1. The van der Waals surface area contributed by atoms with E-state index < -0.39 is 0 Å². The number of pyridine rings is 2. The van der Waals surface area contributed by atoms with Crippen molar-refractivity contribution in [3.63, 3.8) is 0 Å². The molecule has 2 N–H and O–H groups in total. The summed E-state index contributed by atoms with van der Waals surface area (Å²) in [5.41, 5.74) is 5.03. The average Bonchev–Trinajstić information content (AvgIpc) is 2.94. The lowest BCUT2D eigenvalue weighted by Crippen LogP contribution is -2.36. The molecule has 2 aromatic heterocycles. The quantitative estimate of drug-likeness (QED) is 0.410. The van der Waals surface area contributed by atoms with Crippen molar-refractivity contribution in [2.75, 3.05) is 54.5 Å². The monoisotopic (exact) mass is 481 g/mol. The first-order chi connectivity index (χ1) is 17.7. The van der Waals surface area contributed by atoms with Crippen molar-refractivity contribution >= 4 is 33.7 Å². The SMILES string of the molecule is O=c1[nH]ccc2cc(-c3ccc(N4CCCCC4)cc3)nc(Nc3ccc(N4CCOCC4)cc3)c12. The largest absolute Gasteiger partial charge is 0.378 e. The van der Waals surface area contributed by atoms with Crippen molar-refractivity contribution in [3.8, 4) is 11.3 Å². The van der Waals surface area contributed by atoms with Gasteiger partial charge in [0, 0.05) is 55.0 Å². The molecule has 2 aromatic carbocycles. The molecule has 4 aromatic rings. The van der Waals surface area contributed by atoms with Crippen LogP contribution in [-0.2, 0) is 4.74 Å². The number of hydrogen-bond donors (Lipinski definition) is 2. The zero-order chi connectivity index (χ0) is 24.3. The molecule has 2 saturated heterocycles. The van der Waals surface area contributed by atoms with Crippen molar-refractivity contribution < 1.29 is 4.74 Å². The topological polar surface area (TPSA) is 73.5 Å². The van der Waals surface area contributed by atoms with Crippen LogP contribution >= 0.6 is 0 Å². The number of H-pyrrole nitrogens is 1. The van der Waals surface area contributed by atoms with Crippen LogP contribution in [0.3, 0.4) is 0 Å². The summed E-state index contributed by atoms with van der Waals surface area (Å²) in [6.45, 7) is 5.54. The van der Waals surface area contributed by atoms with Gasteiger partial charge in [-0.05, 0) is 73.2 Å². The van der Waals surface area contributed by atoms with Crippen molar-refractivity contribution in [3.05, 3.63) is 77.2 Å². The Morgan fingerprint density at radius 3 is 2.19 bits per heavy atom. The predicted octanol–water partition coefficient (Wildman–Crippen LogP) is 5.16. The second-order valence-electron chi connectivity index (χ2n) is 9.49.